The molecule has 1 aliphatic heterocycles. The first-order chi connectivity index (χ1) is 10.7. The Morgan fingerprint density at radius 2 is 2.18 bits per heavy atom. The Morgan fingerprint density at radius 1 is 1.36 bits per heavy atom. The van der Waals surface area contributed by atoms with E-state index in [1.54, 1.807) is 11.0 Å². The van der Waals surface area contributed by atoms with Gasteiger partial charge < -0.3 is 10.2 Å². The molecule has 1 aromatic carbocycles. The number of carbonyl (C=O) groups is 2. The fourth-order valence-corrected chi connectivity index (χ4v) is 3.39. The molecule has 1 heterocycles. The molecule has 2 aliphatic rings. The molecule has 1 fully saturated rings. The van der Waals surface area contributed by atoms with Crippen molar-refractivity contribution in [3.05, 3.63) is 47.0 Å². The fraction of sp³-hybridized carbons (Fsp3) is 0.412. The Morgan fingerprint density at radius 3 is 2.91 bits per heavy atom. The lowest BCUT2D eigenvalue weighted by atomic mass is 9.99. The zero-order chi connectivity index (χ0) is 15.5. The van der Waals surface area contributed by atoms with Crippen LogP contribution in [0.4, 0.5) is 0 Å². The number of hydrogen-bond donors (Lipinski definition) is 1. The number of nitrogens with zero attached hydrogens (tertiary/aromatic N) is 1. The van der Waals surface area contributed by atoms with E-state index in [4.69, 9.17) is 11.6 Å². The highest BCUT2D eigenvalue weighted by Gasteiger charge is 2.35. The molecule has 0 unspecified atom stereocenters. The Labute approximate surface area is 135 Å². The summed E-state index contributed by atoms with van der Waals surface area (Å²) in [7, 11) is 0. The summed E-state index contributed by atoms with van der Waals surface area (Å²) in [6, 6.07) is 6.60. The van der Waals surface area contributed by atoms with E-state index >= 15 is 0 Å². The lowest BCUT2D eigenvalue weighted by molar-refractivity contribution is -0.144. The van der Waals surface area contributed by atoms with Crippen molar-refractivity contribution in [2.24, 2.45) is 5.92 Å². The van der Waals surface area contributed by atoms with Crippen LogP contribution in [0, 0.1) is 5.92 Å². The summed E-state index contributed by atoms with van der Waals surface area (Å²) in [5.41, 5.74) is 0.691. The quantitative estimate of drug-likeness (QED) is 0.871. The molecule has 1 saturated heterocycles. The summed E-state index contributed by atoms with van der Waals surface area (Å²) in [6.45, 7) is 1.02. The minimum Gasteiger partial charge on any atom is -0.352 e. The summed E-state index contributed by atoms with van der Waals surface area (Å²) in [5.74, 6) is 0.162. The van der Waals surface area contributed by atoms with Crippen molar-refractivity contribution in [2.45, 2.75) is 25.3 Å². The molecule has 4 nitrogen and oxygen atoms in total. The van der Waals surface area contributed by atoms with Crippen LogP contribution in [0.15, 0.2) is 36.4 Å². The second-order valence-corrected chi connectivity index (χ2v) is 6.18. The van der Waals surface area contributed by atoms with Gasteiger partial charge in [-0.3, -0.25) is 9.59 Å². The zero-order valence-corrected chi connectivity index (χ0v) is 13.1. The molecule has 116 valence electrons. The molecule has 1 aliphatic carbocycles. The van der Waals surface area contributed by atoms with Gasteiger partial charge in [0.2, 0.25) is 11.8 Å². The summed E-state index contributed by atoms with van der Waals surface area (Å²) in [4.78, 5) is 26.7. The molecule has 0 aromatic heterocycles. The molecule has 3 rings (SSSR count). The maximum absolute atomic E-state index is 12.7. The summed E-state index contributed by atoms with van der Waals surface area (Å²) in [6.07, 6.45) is 6.73. The van der Waals surface area contributed by atoms with E-state index in [-0.39, 0.29) is 11.8 Å². The second-order valence-electron chi connectivity index (χ2n) is 5.77. The fourth-order valence-electron chi connectivity index (χ4n) is 3.15. The van der Waals surface area contributed by atoms with Gasteiger partial charge in [-0.05, 0) is 24.8 Å². The van der Waals surface area contributed by atoms with Crippen LogP contribution in [0.5, 0.6) is 0 Å². The minimum absolute atomic E-state index is 0.0244. The number of hydrogen-bond acceptors (Lipinski definition) is 2. The van der Waals surface area contributed by atoms with Gasteiger partial charge in [0.15, 0.2) is 0 Å². The van der Waals surface area contributed by atoms with Crippen molar-refractivity contribution in [1.29, 1.82) is 0 Å². The summed E-state index contributed by atoms with van der Waals surface area (Å²) in [5, 5.41) is 3.35. The van der Waals surface area contributed by atoms with Crippen LogP contribution >= 0.6 is 11.6 Å². The van der Waals surface area contributed by atoms with E-state index in [9.17, 15) is 9.59 Å². The first-order valence-corrected chi connectivity index (χ1v) is 8.03. The van der Waals surface area contributed by atoms with Gasteiger partial charge in [-0.15, -0.1) is 0 Å². The third kappa shape index (κ3) is 3.02. The number of nitrogens with one attached hydrogen (secondary N) is 1. The van der Waals surface area contributed by atoms with Crippen LogP contribution in [-0.2, 0) is 9.59 Å². The second kappa shape index (κ2) is 6.53. The molecule has 2 amide bonds. The predicted octanol–water partition coefficient (Wildman–Crippen LogP) is 2.70. The molecule has 5 heteroatoms. The Balaban J connectivity index is 1.83. The van der Waals surface area contributed by atoms with Crippen LogP contribution in [0.25, 0.3) is 0 Å². The molecule has 0 spiro atoms. The van der Waals surface area contributed by atoms with Crippen LogP contribution < -0.4 is 5.32 Å². The van der Waals surface area contributed by atoms with E-state index in [0.29, 0.717) is 36.0 Å². The van der Waals surface area contributed by atoms with E-state index in [2.05, 4.69) is 17.5 Å². The van der Waals surface area contributed by atoms with Gasteiger partial charge in [-0.1, -0.05) is 42.0 Å². The summed E-state index contributed by atoms with van der Waals surface area (Å²) >= 11 is 6.23. The van der Waals surface area contributed by atoms with Crippen LogP contribution in [0.2, 0.25) is 5.02 Å². The SMILES string of the molecule is O=C1NCCN(C(=O)C[C@@H]2C=CCC2)[C@H]1c1ccccc1Cl. The average Bonchev–Trinajstić information content (AvgIpc) is 3.01. The van der Waals surface area contributed by atoms with Crippen LogP contribution in [-0.4, -0.2) is 29.8 Å². The number of carbonyl (C=O) groups excluding carboxylic acids is 2. The lowest BCUT2D eigenvalue weighted by Crippen LogP contribution is -2.52. The van der Waals surface area contributed by atoms with Crippen molar-refractivity contribution >= 4 is 23.4 Å². The maximum atomic E-state index is 12.7. The van der Waals surface area contributed by atoms with Gasteiger partial charge in [0.1, 0.15) is 6.04 Å². The zero-order valence-electron chi connectivity index (χ0n) is 12.3. The Kier molecular flexibility index (Phi) is 4.48. The van der Waals surface area contributed by atoms with Gasteiger partial charge in [0.25, 0.3) is 0 Å². The van der Waals surface area contributed by atoms with Gasteiger partial charge in [0, 0.05) is 30.1 Å². The van der Waals surface area contributed by atoms with Gasteiger partial charge in [0.05, 0.1) is 0 Å². The highest BCUT2D eigenvalue weighted by Crippen LogP contribution is 2.31. The number of allylic oxidation sites excluding steroid dienone is 2. The van der Waals surface area contributed by atoms with Crippen molar-refractivity contribution in [3.63, 3.8) is 0 Å². The monoisotopic (exact) mass is 318 g/mol. The molecule has 1 N–H and O–H groups in total. The van der Waals surface area contributed by atoms with Crippen molar-refractivity contribution in [3.8, 4) is 0 Å². The third-order valence-corrected chi connectivity index (χ3v) is 4.63. The van der Waals surface area contributed by atoms with E-state index in [0.717, 1.165) is 12.8 Å². The number of amides is 2. The molecule has 22 heavy (non-hydrogen) atoms. The molecular formula is C17H19ClN2O2. The molecule has 0 saturated carbocycles. The molecule has 1 aromatic rings. The maximum Gasteiger partial charge on any atom is 0.247 e. The van der Waals surface area contributed by atoms with Crippen molar-refractivity contribution in [2.75, 3.05) is 13.1 Å². The molecular weight excluding hydrogens is 300 g/mol. The van der Waals surface area contributed by atoms with E-state index in [1.165, 1.54) is 0 Å². The largest absolute Gasteiger partial charge is 0.352 e. The highest BCUT2D eigenvalue weighted by atomic mass is 35.5. The van der Waals surface area contributed by atoms with Crippen LogP contribution in [0.1, 0.15) is 30.9 Å². The number of rotatable bonds is 3. The number of benzene rings is 1. The van der Waals surface area contributed by atoms with Crippen molar-refractivity contribution < 1.29 is 9.59 Å². The van der Waals surface area contributed by atoms with Crippen molar-refractivity contribution in [1.82, 2.24) is 10.2 Å². The third-order valence-electron chi connectivity index (χ3n) is 4.28. The lowest BCUT2D eigenvalue weighted by Gasteiger charge is -2.36. The van der Waals surface area contributed by atoms with Crippen LogP contribution in [0.3, 0.4) is 0 Å². The minimum atomic E-state index is -0.625. The topological polar surface area (TPSA) is 49.4 Å². The van der Waals surface area contributed by atoms with Gasteiger partial charge in [-0.2, -0.15) is 0 Å². The molecule has 0 radical (unpaired) electrons. The predicted molar refractivity (Wildman–Crippen MR) is 85.4 cm³/mol. The van der Waals surface area contributed by atoms with Gasteiger partial charge >= 0.3 is 0 Å². The normalized spacial score (nSPS) is 24.4. The summed E-state index contributed by atoms with van der Waals surface area (Å²) < 4.78 is 0. The van der Waals surface area contributed by atoms with E-state index in [1.807, 2.05) is 18.2 Å². The highest BCUT2D eigenvalue weighted by molar-refractivity contribution is 6.31. The molecule has 2 atom stereocenters. The smallest absolute Gasteiger partial charge is 0.247 e. The molecule has 0 bridgehead atoms. The van der Waals surface area contributed by atoms with Gasteiger partial charge in [-0.25, -0.2) is 0 Å². The van der Waals surface area contributed by atoms with E-state index < -0.39 is 6.04 Å². The number of piperazine rings is 1. The first kappa shape index (κ1) is 15.1. The number of halogens is 1. The first-order valence-electron chi connectivity index (χ1n) is 7.65. The Hall–Kier alpha value is -1.81. The Bertz CT molecular complexity index is 614. The standard InChI is InChI=1S/C17H19ClN2O2/c18-14-8-4-3-7-13(14)16-17(22)19-9-10-20(16)15(21)11-12-5-1-2-6-12/h1,3-5,7-8,12,16H,2,6,9-11H2,(H,19,22)/t12-,16+/m1/s1. The average molecular weight is 319 g/mol.